The van der Waals surface area contributed by atoms with Crippen molar-refractivity contribution in [3.8, 4) is 17.2 Å². The van der Waals surface area contributed by atoms with E-state index in [9.17, 15) is 19.8 Å². The van der Waals surface area contributed by atoms with Gasteiger partial charge >= 0.3 is 0 Å². The molecule has 0 aliphatic carbocycles. The minimum absolute atomic E-state index is 0.0259. The smallest absolute Gasteiger partial charge is 0.300 e. The number of carbonyl (C=O) groups excluding carboxylic acids is 2. The van der Waals surface area contributed by atoms with Crippen LogP contribution in [0.4, 0.5) is 5.69 Å². The molecule has 3 aromatic carbocycles. The lowest BCUT2D eigenvalue weighted by Gasteiger charge is -2.25. The van der Waals surface area contributed by atoms with Crippen LogP contribution in [0.1, 0.15) is 24.1 Å². The molecule has 33 heavy (non-hydrogen) atoms. The van der Waals surface area contributed by atoms with Crippen LogP contribution in [0.5, 0.6) is 17.2 Å². The van der Waals surface area contributed by atoms with Crippen molar-refractivity contribution in [2.24, 2.45) is 0 Å². The molecule has 1 saturated heterocycles. The van der Waals surface area contributed by atoms with Gasteiger partial charge in [0, 0.05) is 17.3 Å². The number of ketones is 1. The van der Waals surface area contributed by atoms with E-state index in [4.69, 9.17) is 9.47 Å². The number of aromatic hydroxyl groups is 1. The Bertz CT molecular complexity index is 1250. The number of aliphatic hydroxyl groups excluding tert-OH is 1. The van der Waals surface area contributed by atoms with Crippen molar-refractivity contribution in [2.45, 2.75) is 13.0 Å². The van der Waals surface area contributed by atoms with Crippen LogP contribution in [0.15, 0.2) is 78.4 Å². The van der Waals surface area contributed by atoms with Crippen molar-refractivity contribution in [3.05, 3.63) is 89.5 Å². The van der Waals surface area contributed by atoms with Crippen LogP contribution in [0.3, 0.4) is 0 Å². The number of hydrogen-bond acceptors (Lipinski definition) is 6. The summed E-state index contributed by atoms with van der Waals surface area (Å²) in [4.78, 5) is 27.7. The van der Waals surface area contributed by atoms with Gasteiger partial charge in [-0.1, -0.05) is 30.3 Å². The summed E-state index contributed by atoms with van der Waals surface area (Å²) in [6, 6.07) is 18.7. The first-order valence-corrected chi connectivity index (χ1v) is 10.4. The first-order valence-electron chi connectivity index (χ1n) is 10.4. The van der Waals surface area contributed by atoms with E-state index < -0.39 is 17.7 Å². The second kappa shape index (κ2) is 9.08. The molecule has 0 aromatic heterocycles. The Morgan fingerprint density at radius 1 is 0.970 bits per heavy atom. The van der Waals surface area contributed by atoms with Crippen LogP contribution >= 0.6 is 0 Å². The van der Waals surface area contributed by atoms with Crippen molar-refractivity contribution in [3.63, 3.8) is 0 Å². The second-order valence-electron chi connectivity index (χ2n) is 7.43. The van der Waals surface area contributed by atoms with E-state index in [-0.39, 0.29) is 17.1 Å². The highest BCUT2D eigenvalue weighted by molar-refractivity contribution is 6.51. The Labute approximate surface area is 191 Å². The lowest BCUT2D eigenvalue weighted by Crippen LogP contribution is -2.29. The fraction of sp³-hybridized carbons (Fsp3) is 0.154. The first-order chi connectivity index (χ1) is 15.9. The zero-order valence-electron chi connectivity index (χ0n) is 18.2. The largest absolute Gasteiger partial charge is 0.508 e. The predicted molar refractivity (Wildman–Crippen MR) is 123 cm³/mol. The highest BCUT2D eigenvalue weighted by atomic mass is 16.5. The lowest BCUT2D eigenvalue weighted by atomic mass is 9.95. The van der Waals surface area contributed by atoms with E-state index in [0.29, 0.717) is 34.9 Å². The fourth-order valence-electron chi connectivity index (χ4n) is 3.92. The average Bonchev–Trinajstić information content (AvgIpc) is 3.09. The number of ether oxygens (including phenoxy) is 2. The van der Waals surface area contributed by atoms with Crippen molar-refractivity contribution < 1.29 is 29.3 Å². The van der Waals surface area contributed by atoms with E-state index in [1.54, 1.807) is 60.7 Å². The normalized spacial score (nSPS) is 17.3. The number of Topliss-reactive ketones (excluding diaryl/α,β-unsaturated/α-hetero) is 1. The van der Waals surface area contributed by atoms with Crippen LogP contribution in [0.2, 0.25) is 0 Å². The number of nitrogens with zero attached hydrogens (tertiary/aromatic N) is 1. The third-order valence-corrected chi connectivity index (χ3v) is 5.38. The lowest BCUT2D eigenvalue weighted by molar-refractivity contribution is -0.132. The average molecular weight is 445 g/mol. The molecule has 1 unspecified atom stereocenters. The summed E-state index contributed by atoms with van der Waals surface area (Å²) in [6.45, 7) is 2.28. The Hall–Kier alpha value is -4.26. The van der Waals surface area contributed by atoms with Gasteiger partial charge in [-0.25, -0.2) is 0 Å². The standard InChI is InChI=1S/C26H23NO6/c1-3-33-21-12-5-8-17(14-21)24(29)22-23(16-7-4-10-19(28)13-16)27(26(31)25(22)30)18-9-6-11-20(15-18)32-2/h4-15,23,28-29H,3H2,1-2H3/b24-22+. The zero-order valence-corrected chi connectivity index (χ0v) is 18.2. The summed E-state index contributed by atoms with van der Waals surface area (Å²) >= 11 is 0. The third-order valence-electron chi connectivity index (χ3n) is 5.38. The summed E-state index contributed by atoms with van der Waals surface area (Å²) in [5.41, 5.74) is 1.16. The van der Waals surface area contributed by atoms with Gasteiger partial charge in [0.2, 0.25) is 0 Å². The molecule has 7 heteroatoms. The Balaban J connectivity index is 1.93. The zero-order chi connectivity index (χ0) is 23.5. The van der Waals surface area contributed by atoms with Gasteiger partial charge in [-0.2, -0.15) is 0 Å². The van der Waals surface area contributed by atoms with Gasteiger partial charge in [-0.3, -0.25) is 14.5 Å². The number of anilines is 1. The summed E-state index contributed by atoms with van der Waals surface area (Å²) in [7, 11) is 1.51. The molecule has 7 nitrogen and oxygen atoms in total. The number of carbonyl (C=O) groups is 2. The highest BCUT2D eigenvalue weighted by Crippen LogP contribution is 2.43. The fourth-order valence-corrected chi connectivity index (χ4v) is 3.92. The molecule has 0 bridgehead atoms. The van der Waals surface area contributed by atoms with E-state index >= 15 is 0 Å². The van der Waals surface area contributed by atoms with Crippen molar-refractivity contribution in [1.82, 2.24) is 0 Å². The summed E-state index contributed by atoms with van der Waals surface area (Å²) in [5.74, 6) is -0.939. The maximum absolute atomic E-state index is 13.2. The van der Waals surface area contributed by atoms with Crippen LogP contribution < -0.4 is 14.4 Å². The molecule has 0 spiro atoms. The van der Waals surface area contributed by atoms with Gasteiger partial charge in [0.15, 0.2) is 0 Å². The monoisotopic (exact) mass is 445 g/mol. The number of phenolic OH excluding ortho intramolecular Hbond substituents is 1. The second-order valence-corrected chi connectivity index (χ2v) is 7.43. The van der Waals surface area contributed by atoms with Gasteiger partial charge in [0.25, 0.3) is 11.7 Å². The summed E-state index contributed by atoms with van der Waals surface area (Å²) in [5, 5.41) is 21.3. The number of rotatable bonds is 6. The summed E-state index contributed by atoms with van der Waals surface area (Å²) in [6.07, 6.45) is 0. The van der Waals surface area contributed by atoms with Gasteiger partial charge < -0.3 is 19.7 Å². The molecule has 1 atom stereocenters. The van der Waals surface area contributed by atoms with Gasteiger partial charge in [0.1, 0.15) is 23.0 Å². The topological polar surface area (TPSA) is 96.3 Å². The quantitative estimate of drug-likeness (QED) is 0.331. The Morgan fingerprint density at radius 3 is 2.42 bits per heavy atom. The van der Waals surface area contributed by atoms with Gasteiger partial charge in [0.05, 0.1) is 25.3 Å². The van der Waals surface area contributed by atoms with E-state index in [2.05, 4.69) is 0 Å². The Morgan fingerprint density at radius 2 is 1.70 bits per heavy atom. The molecule has 4 rings (SSSR count). The van der Waals surface area contributed by atoms with Gasteiger partial charge in [-0.15, -0.1) is 0 Å². The summed E-state index contributed by atoms with van der Waals surface area (Å²) < 4.78 is 10.8. The number of methoxy groups -OCH3 is 1. The predicted octanol–water partition coefficient (Wildman–Crippen LogP) is 4.43. The molecule has 3 aromatic rings. The van der Waals surface area contributed by atoms with Crippen LogP contribution in [-0.4, -0.2) is 35.6 Å². The molecular formula is C26H23NO6. The molecule has 2 N–H and O–H groups in total. The number of benzene rings is 3. The maximum Gasteiger partial charge on any atom is 0.300 e. The molecule has 1 amide bonds. The number of aliphatic hydroxyl groups is 1. The molecule has 1 fully saturated rings. The van der Waals surface area contributed by atoms with Crippen molar-refractivity contribution in [2.75, 3.05) is 18.6 Å². The first kappa shape index (κ1) is 22.0. The number of amides is 1. The number of hydrogen-bond donors (Lipinski definition) is 2. The molecule has 168 valence electrons. The van der Waals surface area contributed by atoms with E-state index in [1.165, 1.54) is 24.1 Å². The molecule has 1 aliphatic rings. The van der Waals surface area contributed by atoms with Crippen LogP contribution in [0, 0.1) is 0 Å². The molecular weight excluding hydrogens is 422 g/mol. The van der Waals surface area contributed by atoms with E-state index in [0.717, 1.165) is 0 Å². The van der Waals surface area contributed by atoms with Crippen molar-refractivity contribution in [1.29, 1.82) is 0 Å². The van der Waals surface area contributed by atoms with Crippen LogP contribution in [0.25, 0.3) is 5.76 Å². The van der Waals surface area contributed by atoms with Crippen molar-refractivity contribution >= 4 is 23.1 Å². The molecule has 1 aliphatic heterocycles. The van der Waals surface area contributed by atoms with E-state index in [1.807, 2.05) is 6.92 Å². The van der Waals surface area contributed by atoms with Gasteiger partial charge in [-0.05, 0) is 48.9 Å². The highest BCUT2D eigenvalue weighted by Gasteiger charge is 2.47. The SMILES string of the molecule is CCOc1cccc(/C(O)=C2\C(=O)C(=O)N(c3cccc(OC)c3)C2c2cccc(O)c2)c1. The maximum atomic E-state index is 13.2. The minimum atomic E-state index is -0.958. The van der Waals surface area contributed by atoms with Crippen LogP contribution in [-0.2, 0) is 9.59 Å². The third kappa shape index (κ3) is 4.13. The molecule has 1 heterocycles. The molecule has 0 saturated carbocycles. The molecule has 0 radical (unpaired) electrons. The minimum Gasteiger partial charge on any atom is -0.508 e. The Kier molecular flexibility index (Phi) is 6.04. The number of phenols is 1.